The molecule has 184 valence electrons. The third-order valence-electron chi connectivity index (χ3n) is 9.09. The highest BCUT2D eigenvalue weighted by Gasteiger charge is 2.67. The van der Waals surface area contributed by atoms with Gasteiger partial charge >= 0.3 is 0 Å². The highest BCUT2D eigenvalue weighted by molar-refractivity contribution is 6.24. The fourth-order valence-electron chi connectivity index (χ4n) is 7.25. The number of carbonyl (C=O) groups is 4. The molecular weight excluding hydrogens is 456 g/mol. The van der Waals surface area contributed by atoms with Gasteiger partial charge in [0.25, 0.3) is 0 Å². The average Bonchev–Trinajstić information content (AvgIpc) is 3.21. The minimum absolute atomic E-state index is 0.0931. The Morgan fingerprint density at radius 2 is 1.64 bits per heavy atom. The second-order valence-corrected chi connectivity index (χ2v) is 10.7. The summed E-state index contributed by atoms with van der Waals surface area (Å²) in [7, 11) is 1.51. The summed E-state index contributed by atoms with van der Waals surface area (Å²) in [5, 5.41) is 11.2. The second-order valence-electron chi connectivity index (χ2n) is 10.7. The van der Waals surface area contributed by atoms with Crippen molar-refractivity contribution in [2.75, 3.05) is 11.9 Å². The van der Waals surface area contributed by atoms with Crippen molar-refractivity contribution in [3.8, 4) is 5.75 Å². The van der Waals surface area contributed by atoms with Gasteiger partial charge in [-0.25, -0.2) is 4.90 Å². The van der Waals surface area contributed by atoms with Gasteiger partial charge in [0, 0.05) is 18.5 Å². The number of imide groups is 2. The van der Waals surface area contributed by atoms with E-state index < -0.39 is 29.1 Å². The van der Waals surface area contributed by atoms with Gasteiger partial charge in [-0.1, -0.05) is 48.0 Å². The number of aryl methyl sites for hydroxylation is 1. The van der Waals surface area contributed by atoms with Gasteiger partial charge < -0.3 is 5.11 Å². The molecule has 2 aliphatic carbocycles. The van der Waals surface area contributed by atoms with Crippen LogP contribution in [0.25, 0.3) is 0 Å². The molecule has 0 bridgehead atoms. The maximum Gasteiger partial charge on any atom is 0.241 e. The lowest BCUT2D eigenvalue weighted by Crippen LogP contribution is -2.48. The summed E-state index contributed by atoms with van der Waals surface area (Å²) in [4.78, 5) is 56.7. The molecule has 6 unspecified atom stereocenters. The molecule has 1 saturated carbocycles. The van der Waals surface area contributed by atoms with Crippen LogP contribution in [0.15, 0.2) is 60.2 Å². The molecule has 1 N–H and O–H groups in total. The number of likely N-dealkylation sites (tertiary alicyclic amines) is 1. The van der Waals surface area contributed by atoms with E-state index in [1.165, 1.54) is 16.8 Å². The van der Waals surface area contributed by atoms with E-state index in [-0.39, 0.29) is 35.3 Å². The number of hydrogen-bond acceptors (Lipinski definition) is 5. The summed E-state index contributed by atoms with van der Waals surface area (Å²) in [5.74, 6) is -3.59. The van der Waals surface area contributed by atoms with E-state index in [4.69, 9.17) is 0 Å². The summed E-state index contributed by atoms with van der Waals surface area (Å²) < 4.78 is 0. The zero-order valence-corrected chi connectivity index (χ0v) is 20.5. The lowest BCUT2D eigenvalue weighted by atomic mass is 9.51. The van der Waals surface area contributed by atoms with Crippen LogP contribution in [0, 0.1) is 36.0 Å². The SMILES string of the molecule is Cc1cccc(C2C3=CCC4C(=O)N(C)C(=O)C4C3CC3C(=O)N(c4ccccc4)C(=O)C32C)c1O. The van der Waals surface area contributed by atoms with Crippen LogP contribution in [0.5, 0.6) is 5.75 Å². The largest absolute Gasteiger partial charge is 0.507 e. The summed E-state index contributed by atoms with van der Waals surface area (Å²) in [6.45, 7) is 3.63. The Bertz CT molecular complexity index is 1360. The third kappa shape index (κ3) is 2.74. The van der Waals surface area contributed by atoms with Gasteiger partial charge in [0.1, 0.15) is 5.75 Å². The number of allylic oxidation sites excluding steroid dienone is 2. The molecule has 7 nitrogen and oxygen atoms in total. The van der Waals surface area contributed by atoms with Gasteiger partial charge in [0.2, 0.25) is 23.6 Å². The van der Waals surface area contributed by atoms with Gasteiger partial charge in [-0.3, -0.25) is 24.1 Å². The molecule has 0 aromatic heterocycles. The van der Waals surface area contributed by atoms with Crippen LogP contribution in [0.4, 0.5) is 5.69 Å². The number of phenols is 1. The highest BCUT2D eigenvalue weighted by Crippen LogP contribution is 2.64. The number of nitrogens with zero attached hydrogens (tertiary/aromatic N) is 2. The molecule has 2 aliphatic heterocycles. The molecule has 0 spiro atoms. The maximum atomic E-state index is 14.2. The first-order valence-electron chi connectivity index (χ1n) is 12.4. The number of hydrogen-bond donors (Lipinski definition) is 1. The molecule has 3 fully saturated rings. The standard InChI is InChI=1S/C29H28N2O5/c1-15-8-7-11-19(24(15)32)23-17-12-13-18-22(27(35)30(3)25(18)33)20(17)14-21-26(34)31(28(36)29(21,23)2)16-9-5-4-6-10-16/h4-12,18,20-23,32H,13-14H2,1-3H3. The van der Waals surface area contributed by atoms with Crippen molar-refractivity contribution < 1.29 is 24.3 Å². The van der Waals surface area contributed by atoms with Gasteiger partial charge in [0.05, 0.1) is 28.9 Å². The van der Waals surface area contributed by atoms with E-state index in [0.29, 0.717) is 29.7 Å². The normalized spacial score (nSPS) is 33.4. The maximum absolute atomic E-state index is 14.2. The van der Waals surface area contributed by atoms with Crippen LogP contribution in [0.3, 0.4) is 0 Å². The molecule has 2 heterocycles. The fraction of sp³-hybridized carbons (Fsp3) is 0.379. The van der Waals surface area contributed by atoms with Crippen LogP contribution in [0.1, 0.15) is 36.8 Å². The predicted molar refractivity (Wildman–Crippen MR) is 132 cm³/mol. The number of benzene rings is 2. The van der Waals surface area contributed by atoms with Crippen LogP contribution >= 0.6 is 0 Å². The van der Waals surface area contributed by atoms with Crippen molar-refractivity contribution in [1.82, 2.24) is 4.90 Å². The van der Waals surface area contributed by atoms with E-state index in [9.17, 15) is 24.3 Å². The Labute approximate surface area is 209 Å². The highest BCUT2D eigenvalue weighted by atomic mass is 16.3. The number of rotatable bonds is 2. The number of carbonyl (C=O) groups excluding carboxylic acids is 4. The van der Waals surface area contributed by atoms with Crippen LogP contribution in [-0.2, 0) is 19.2 Å². The first kappa shape index (κ1) is 22.7. The summed E-state index contributed by atoms with van der Waals surface area (Å²) in [6, 6.07) is 14.3. The summed E-state index contributed by atoms with van der Waals surface area (Å²) >= 11 is 0. The first-order valence-corrected chi connectivity index (χ1v) is 12.4. The number of anilines is 1. The Morgan fingerprint density at radius 1 is 0.917 bits per heavy atom. The lowest BCUT2D eigenvalue weighted by Gasteiger charge is -2.49. The van der Waals surface area contributed by atoms with Gasteiger partial charge in [-0.15, -0.1) is 0 Å². The van der Waals surface area contributed by atoms with E-state index in [2.05, 4.69) is 0 Å². The zero-order valence-electron chi connectivity index (χ0n) is 20.5. The van der Waals surface area contributed by atoms with Crippen LogP contribution in [0.2, 0.25) is 0 Å². The van der Waals surface area contributed by atoms with Gasteiger partial charge in [0.15, 0.2) is 0 Å². The monoisotopic (exact) mass is 484 g/mol. The Hall–Kier alpha value is -3.74. The van der Waals surface area contributed by atoms with E-state index in [1.807, 2.05) is 25.1 Å². The minimum atomic E-state index is -1.15. The molecule has 4 amide bonds. The van der Waals surface area contributed by atoms with E-state index in [1.54, 1.807) is 43.3 Å². The molecule has 2 saturated heterocycles. The second kappa shape index (κ2) is 7.63. The number of phenolic OH excluding ortho intramolecular Hbond substituents is 1. The lowest BCUT2D eigenvalue weighted by molar-refractivity contribution is -0.138. The smallest absolute Gasteiger partial charge is 0.241 e. The van der Waals surface area contributed by atoms with E-state index in [0.717, 1.165) is 5.57 Å². The number of amides is 4. The van der Waals surface area contributed by atoms with Gasteiger partial charge in [-0.2, -0.15) is 0 Å². The number of aromatic hydroxyl groups is 1. The van der Waals surface area contributed by atoms with Crippen molar-refractivity contribution in [3.05, 3.63) is 71.3 Å². The van der Waals surface area contributed by atoms with Gasteiger partial charge in [-0.05, 0) is 50.3 Å². The molecule has 2 aromatic carbocycles. The van der Waals surface area contributed by atoms with Crippen molar-refractivity contribution in [1.29, 1.82) is 0 Å². The van der Waals surface area contributed by atoms with Crippen molar-refractivity contribution in [2.45, 2.75) is 32.6 Å². The van der Waals surface area contributed by atoms with Crippen molar-refractivity contribution in [2.24, 2.45) is 29.1 Å². The Balaban J connectivity index is 1.57. The minimum Gasteiger partial charge on any atom is -0.507 e. The average molecular weight is 485 g/mol. The summed E-state index contributed by atoms with van der Waals surface area (Å²) in [6.07, 6.45) is 2.71. The Kier molecular flexibility index (Phi) is 4.81. The molecule has 6 atom stereocenters. The summed E-state index contributed by atoms with van der Waals surface area (Å²) in [5.41, 5.74) is 1.50. The van der Waals surface area contributed by atoms with Crippen molar-refractivity contribution >= 4 is 29.3 Å². The molecule has 6 rings (SSSR count). The van der Waals surface area contributed by atoms with E-state index >= 15 is 0 Å². The predicted octanol–water partition coefficient (Wildman–Crippen LogP) is 3.56. The zero-order chi connectivity index (χ0) is 25.5. The molecule has 4 aliphatic rings. The quantitative estimate of drug-likeness (QED) is 0.520. The molecule has 0 radical (unpaired) electrons. The third-order valence-corrected chi connectivity index (χ3v) is 9.09. The molecule has 2 aromatic rings. The van der Waals surface area contributed by atoms with Crippen molar-refractivity contribution in [3.63, 3.8) is 0 Å². The number of para-hydroxylation sites is 2. The molecule has 36 heavy (non-hydrogen) atoms. The van der Waals surface area contributed by atoms with Crippen LogP contribution < -0.4 is 4.90 Å². The fourth-order valence-corrected chi connectivity index (χ4v) is 7.25. The number of fused-ring (bicyclic) bond motifs is 4. The molecular formula is C29H28N2O5. The first-order chi connectivity index (χ1) is 17.2. The Morgan fingerprint density at radius 3 is 2.36 bits per heavy atom. The van der Waals surface area contributed by atoms with Crippen LogP contribution in [-0.4, -0.2) is 40.7 Å². The molecule has 7 heteroatoms. The topological polar surface area (TPSA) is 95.0 Å².